The van der Waals surface area contributed by atoms with Crippen LogP contribution in [0.25, 0.3) is 0 Å². The largest absolute Gasteiger partial charge is 0.390 e. The molecule has 0 aromatic carbocycles. The summed E-state index contributed by atoms with van der Waals surface area (Å²) >= 11 is 5.35. The van der Waals surface area contributed by atoms with E-state index in [4.69, 9.17) is 16.7 Å². The number of carbonyl (C=O) groups is 2. The topological polar surface area (TPSA) is 60.9 Å². The van der Waals surface area contributed by atoms with Crippen molar-refractivity contribution in [1.82, 2.24) is 9.80 Å². The minimum atomic E-state index is -0.846. The molecule has 0 aliphatic carbocycles. The number of hydrogen-bond acceptors (Lipinski definition) is 3. The molecule has 1 N–H and O–H groups in total. The summed E-state index contributed by atoms with van der Waals surface area (Å²) < 4.78 is 0. The highest BCUT2D eigenvalue weighted by Gasteiger charge is 2.34. The molecule has 6 heteroatoms. The average Bonchev–Trinajstić information content (AvgIpc) is 2.32. The number of rotatable bonds is 3. The van der Waals surface area contributed by atoms with Crippen LogP contribution >= 0.6 is 11.6 Å². The van der Waals surface area contributed by atoms with Gasteiger partial charge >= 0.3 is 6.03 Å². The SMILES string of the molecule is CN1CC(=O)N(C[C@H](O)CCl)C1=O. The van der Waals surface area contributed by atoms with Gasteiger partial charge in [0.2, 0.25) is 5.91 Å². The molecule has 0 bridgehead atoms. The van der Waals surface area contributed by atoms with Crippen LogP contribution in [0.4, 0.5) is 4.79 Å². The summed E-state index contributed by atoms with van der Waals surface area (Å²) in [5.41, 5.74) is 0. The Morgan fingerprint density at radius 2 is 2.23 bits per heavy atom. The molecule has 1 aliphatic heterocycles. The van der Waals surface area contributed by atoms with Gasteiger partial charge in [0.05, 0.1) is 18.5 Å². The fraction of sp³-hybridized carbons (Fsp3) is 0.714. The van der Waals surface area contributed by atoms with E-state index in [-0.39, 0.29) is 30.9 Å². The van der Waals surface area contributed by atoms with E-state index >= 15 is 0 Å². The standard InChI is InChI=1S/C7H11ClN2O3/c1-9-4-6(12)10(7(9)13)3-5(11)2-8/h5,11H,2-4H2,1H3/t5-/m1/s1. The van der Waals surface area contributed by atoms with Gasteiger partial charge in [-0.15, -0.1) is 11.6 Å². The Bertz CT molecular complexity index is 234. The molecule has 3 amide bonds. The Kier molecular flexibility index (Phi) is 3.11. The Morgan fingerprint density at radius 1 is 1.62 bits per heavy atom. The molecule has 1 rings (SSSR count). The highest BCUT2D eigenvalue weighted by atomic mass is 35.5. The third kappa shape index (κ3) is 2.10. The van der Waals surface area contributed by atoms with Crippen molar-refractivity contribution >= 4 is 23.5 Å². The van der Waals surface area contributed by atoms with E-state index in [0.717, 1.165) is 4.90 Å². The Balaban J connectivity index is 2.59. The van der Waals surface area contributed by atoms with Crippen LogP contribution in [0.15, 0.2) is 0 Å². The van der Waals surface area contributed by atoms with Crippen LogP contribution in [0.2, 0.25) is 0 Å². The molecule has 1 atom stereocenters. The lowest BCUT2D eigenvalue weighted by molar-refractivity contribution is -0.126. The van der Waals surface area contributed by atoms with Gasteiger partial charge in [0.1, 0.15) is 6.54 Å². The van der Waals surface area contributed by atoms with Crippen LogP contribution in [0.5, 0.6) is 0 Å². The smallest absolute Gasteiger partial charge is 0.327 e. The zero-order valence-electron chi connectivity index (χ0n) is 7.23. The Morgan fingerprint density at radius 3 is 2.62 bits per heavy atom. The lowest BCUT2D eigenvalue weighted by atomic mass is 10.4. The molecule has 0 aromatic heterocycles. The van der Waals surface area contributed by atoms with Gasteiger partial charge < -0.3 is 10.0 Å². The summed E-state index contributed by atoms with van der Waals surface area (Å²) in [6.07, 6.45) is -0.846. The maximum atomic E-state index is 11.2. The van der Waals surface area contributed by atoms with E-state index in [0.29, 0.717) is 0 Å². The highest BCUT2D eigenvalue weighted by molar-refractivity contribution is 6.18. The quantitative estimate of drug-likeness (QED) is 0.499. The van der Waals surface area contributed by atoms with Crippen molar-refractivity contribution < 1.29 is 14.7 Å². The van der Waals surface area contributed by atoms with E-state index in [9.17, 15) is 9.59 Å². The third-order valence-corrected chi connectivity index (χ3v) is 2.16. The number of aliphatic hydroxyl groups is 1. The first-order valence-electron chi connectivity index (χ1n) is 3.85. The number of alkyl halides is 1. The number of halogens is 1. The maximum absolute atomic E-state index is 11.2. The van der Waals surface area contributed by atoms with Gasteiger partial charge in [-0.2, -0.15) is 0 Å². The van der Waals surface area contributed by atoms with Crippen LogP contribution in [0.1, 0.15) is 0 Å². The van der Waals surface area contributed by atoms with Gasteiger partial charge in [-0.1, -0.05) is 0 Å². The molecule has 0 saturated carbocycles. The zero-order valence-corrected chi connectivity index (χ0v) is 7.99. The number of carbonyl (C=O) groups excluding carboxylic acids is 2. The van der Waals surface area contributed by atoms with Crippen molar-refractivity contribution in [2.24, 2.45) is 0 Å². The fourth-order valence-electron chi connectivity index (χ4n) is 1.11. The minimum Gasteiger partial charge on any atom is -0.390 e. The summed E-state index contributed by atoms with van der Waals surface area (Å²) in [7, 11) is 1.54. The Hall–Kier alpha value is -0.810. The zero-order chi connectivity index (χ0) is 10.0. The second kappa shape index (κ2) is 3.93. The second-order valence-corrected chi connectivity index (χ2v) is 3.26. The van der Waals surface area contributed by atoms with E-state index in [1.807, 2.05) is 0 Å². The lowest BCUT2D eigenvalue weighted by Gasteiger charge is -2.16. The van der Waals surface area contributed by atoms with Crippen LogP contribution in [-0.4, -0.2) is 59.0 Å². The summed E-state index contributed by atoms with van der Waals surface area (Å²) in [6, 6.07) is -0.380. The van der Waals surface area contributed by atoms with E-state index in [1.165, 1.54) is 11.9 Å². The first-order chi connectivity index (χ1) is 6.06. The number of likely N-dealkylation sites (N-methyl/N-ethyl adjacent to an activating group) is 1. The molecule has 0 radical (unpaired) electrons. The lowest BCUT2D eigenvalue weighted by Crippen LogP contribution is -2.38. The van der Waals surface area contributed by atoms with Crippen molar-refractivity contribution in [3.8, 4) is 0 Å². The van der Waals surface area contributed by atoms with Crippen molar-refractivity contribution in [2.75, 3.05) is 26.0 Å². The Labute approximate surface area is 80.9 Å². The molecule has 0 spiro atoms. The fourth-order valence-corrected chi connectivity index (χ4v) is 1.21. The molecule has 1 aliphatic rings. The van der Waals surface area contributed by atoms with Crippen molar-refractivity contribution in [3.05, 3.63) is 0 Å². The van der Waals surface area contributed by atoms with Crippen molar-refractivity contribution in [1.29, 1.82) is 0 Å². The first-order valence-corrected chi connectivity index (χ1v) is 4.39. The normalized spacial score (nSPS) is 19.9. The average molecular weight is 207 g/mol. The molecule has 0 unspecified atom stereocenters. The van der Waals surface area contributed by atoms with E-state index in [1.54, 1.807) is 0 Å². The van der Waals surface area contributed by atoms with Crippen LogP contribution < -0.4 is 0 Å². The van der Waals surface area contributed by atoms with Gasteiger partial charge in [0.15, 0.2) is 0 Å². The number of urea groups is 1. The van der Waals surface area contributed by atoms with E-state index < -0.39 is 6.10 Å². The monoisotopic (exact) mass is 206 g/mol. The molecule has 74 valence electrons. The van der Waals surface area contributed by atoms with Gasteiger partial charge in [-0.05, 0) is 0 Å². The number of aliphatic hydroxyl groups excluding tert-OH is 1. The van der Waals surface area contributed by atoms with Gasteiger partial charge in [0, 0.05) is 7.05 Å². The van der Waals surface area contributed by atoms with Crippen molar-refractivity contribution in [2.45, 2.75) is 6.10 Å². The predicted molar refractivity (Wildman–Crippen MR) is 46.5 cm³/mol. The number of imide groups is 1. The van der Waals surface area contributed by atoms with Crippen LogP contribution in [-0.2, 0) is 4.79 Å². The molecule has 13 heavy (non-hydrogen) atoms. The van der Waals surface area contributed by atoms with E-state index in [2.05, 4.69) is 0 Å². The van der Waals surface area contributed by atoms with Gasteiger partial charge in [0.25, 0.3) is 0 Å². The number of hydrogen-bond donors (Lipinski definition) is 1. The second-order valence-electron chi connectivity index (χ2n) is 2.95. The molecule has 5 nitrogen and oxygen atoms in total. The maximum Gasteiger partial charge on any atom is 0.327 e. The molecule has 1 heterocycles. The summed E-state index contributed by atoms with van der Waals surface area (Å²) in [5.74, 6) is -0.280. The van der Waals surface area contributed by atoms with Crippen molar-refractivity contribution in [3.63, 3.8) is 0 Å². The van der Waals surface area contributed by atoms with Crippen LogP contribution in [0, 0.1) is 0 Å². The molecule has 1 fully saturated rings. The van der Waals surface area contributed by atoms with Crippen LogP contribution in [0.3, 0.4) is 0 Å². The first kappa shape index (κ1) is 10.3. The number of amides is 3. The third-order valence-electron chi connectivity index (χ3n) is 1.80. The summed E-state index contributed by atoms with van der Waals surface area (Å²) in [4.78, 5) is 24.7. The number of nitrogens with zero attached hydrogens (tertiary/aromatic N) is 2. The number of β-amino-alcohol motifs (C(OH)–C–C–N with tert-alkyl or cyclic N) is 1. The molecular weight excluding hydrogens is 196 g/mol. The molecular formula is C7H11ClN2O3. The predicted octanol–water partition coefficient (Wildman–Crippen LogP) is -0.520. The molecule has 1 saturated heterocycles. The minimum absolute atomic E-state index is 0.0147. The van der Waals surface area contributed by atoms with Gasteiger partial charge in [-0.3, -0.25) is 9.69 Å². The summed E-state index contributed by atoms with van der Waals surface area (Å²) in [6.45, 7) is 0.0549. The summed E-state index contributed by atoms with van der Waals surface area (Å²) in [5, 5.41) is 9.14. The highest BCUT2D eigenvalue weighted by Crippen LogP contribution is 2.08. The molecule has 0 aromatic rings. The van der Waals surface area contributed by atoms with Gasteiger partial charge in [-0.25, -0.2) is 4.79 Å².